The van der Waals surface area contributed by atoms with Gasteiger partial charge in [-0.05, 0) is 48.4 Å². The van der Waals surface area contributed by atoms with Crippen LogP contribution in [0.1, 0.15) is 44.7 Å². The van der Waals surface area contributed by atoms with Crippen LogP contribution in [-0.4, -0.2) is 6.54 Å². The molecule has 0 amide bonds. The van der Waals surface area contributed by atoms with Crippen molar-refractivity contribution >= 4 is 5.69 Å². The van der Waals surface area contributed by atoms with Crippen LogP contribution in [0.2, 0.25) is 0 Å². The highest BCUT2D eigenvalue weighted by Crippen LogP contribution is 2.23. The molecule has 0 fully saturated rings. The molecule has 0 saturated heterocycles. The number of anilines is 1. The first-order valence-electron chi connectivity index (χ1n) is 6.69. The number of nitrogens with zero attached hydrogens (tertiary/aromatic N) is 1. The summed E-state index contributed by atoms with van der Waals surface area (Å²) in [5, 5.41) is 12.1. The van der Waals surface area contributed by atoms with Gasteiger partial charge in [0.25, 0.3) is 0 Å². The molecule has 1 N–H and O–H groups in total. The van der Waals surface area contributed by atoms with E-state index in [9.17, 15) is 0 Å². The maximum absolute atomic E-state index is 8.64. The summed E-state index contributed by atoms with van der Waals surface area (Å²) in [5.41, 5.74) is 4.09. The summed E-state index contributed by atoms with van der Waals surface area (Å²) >= 11 is 0. The molecule has 1 rings (SSSR count). The van der Waals surface area contributed by atoms with Crippen LogP contribution in [0.5, 0.6) is 0 Å². The van der Waals surface area contributed by atoms with Crippen molar-refractivity contribution in [3.8, 4) is 6.07 Å². The SMILES string of the molecule is CCc1ccc(NCC(C)(C)CCC#N)cc1C. The van der Waals surface area contributed by atoms with E-state index in [-0.39, 0.29) is 5.41 Å². The van der Waals surface area contributed by atoms with Crippen LogP contribution in [0.4, 0.5) is 5.69 Å². The van der Waals surface area contributed by atoms with E-state index in [4.69, 9.17) is 5.26 Å². The Morgan fingerprint density at radius 2 is 2.06 bits per heavy atom. The zero-order valence-electron chi connectivity index (χ0n) is 12.0. The Morgan fingerprint density at radius 1 is 1.33 bits per heavy atom. The Labute approximate surface area is 111 Å². The summed E-state index contributed by atoms with van der Waals surface area (Å²) in [5.74, 6) is 0. The normalized spacial score (nSPS) is 11.1. The predicted octanol–water partition coefficient (Wildman–Crippen LogP) is 4.30. The van der Waals surface area contributed by atoms with Gasteiger partial charge in [0, 0.05) is 18.7 Å². The molecular formula is C16H24N2. The summed E-state index contributed by atoms with van der Waals surface area (Å²) in [6, 6.07) is 8.77. The standard InChI is InChI=1S/C16H24N2/c1-5-14-7-8-15(11-13(14)2)18-12-16(3,4)9-6-10-17/h7-8,11,18H,5-6,9,12H2,1-4H3. The van der Waals surface area contributed by atoms with Crippen LogP contribution in [0.3, 0.4) is 0 Å². The molecule has 2 heteroatoms. The summed E-state index contributed by atoms with van der Waals surface area (Å²) in [6.07, 6.45) is 2.64. The van der Waals surface area contributed by atoms with Gasteiger partial charge in [0.2, 0.25) is 0 Å². The molecule has 98 valence electrons. The molecule has 0 bridgehead atoms. The third kappa shape index (κ3) is 4.41. The Balaban J connectivity index is 2.58. The molecule has 0 radical (unpaired) electrons. The molecule has 2 nitrogen and oxygen atoms in total. The topological polar surface area (TPSA) is 35.8 Å². The number of benzene rings is 1. The lowest BCUT2D eigenvalue weighted by atomic mass is 9.88. The van der Waals surface area contributed by atoms with Gasteiger partial charge in [-0.25, -0.2) is 0 Å². The Morgan fingerprint density at radius 3 is 2.61 bits per heavy atom. The van der Waals surface area contributed by atoms with Crippen molar-refractivity contribution in [3.05, 3.63) is 29.3 Å². The highest BCUT2D eigenvalue weighted by atomic mass is 14.9. The summed E-state index contributed by atoms with van der Waals surface area (Å²) in [6.45, 7) is 9.64. The second-order valence-electron chi connectivity index (χ2n) is 5.67. The minimum Gasteiger partial charge on any atom is -0.385 e. The first-order chi connectivity index (χ1) is 8.48. The van der Waals surface area contributed by atoms with Crippen LogP contribution >= 0.6 is 0 Å². The molecule has 0 aliphatic rings. The molecule has 0 atom stereocenters. The van der Waals surface area contributed by atoms with Crippen molar-refractivity contribution < 1.29 is 0 Å². The fraction of sp³-hybridized carbons (Fsp3) is 0.562. The van der Waals surface area contributed by atoms with Gasteiger partial charge in [0.1, 0.15) is 0 Å². The van der Waals surface area contributed by atoms with Gasteiger partial charge in [0.05, 0.1) is 6.07 Å². The van der Waals surface area contributed by atoms with Crippen molar-refractivity contribution in [2.75, 3.05) is 11.9 Å². The average molecular weight is 244 g/mol. The van der Waals surface area contributed by atoms with Gasteiger partial charge < -0.3 is 5.32 Å². The number of nitriles is 1. The lowest BCUT2D eigenvalue weighted by Gasteiger charge is -2.24. The number of hydrogen-bond acceptors (Lipinski definition) is 2. The maximum atomic E-state index is 8.64. The molecule has 0 heterocycles. The molecule has 18 heavy (non-hydrogen) atoms. The molecule has 0 spiro atoms. The second kappa shape index (κ2) is 6.44. The first kappa shape index (κ1) is 14.6. The Kier molecular flexibility index (Phi) is 5.22. The minimum atomic E-state index is 0.160. The minimum absolute atomic E-state index is 0.160. The quantitative estimate of drug-likeness (QED) is 0.810. The third-order valence-corrected chi connectivity index (χ3v) is 3.41. The van der Waals surface area contributed by atoms with E-state index in [2.05, 4.69) is 57.3 Å². The van der Waals surface area contributed by atoms with Crippen LogP contribution in [-0.2, 0) is 6.42 Å². The van der Waals surface area contributed by atoms with Crippen LogP contribution in [0, 0.1) is 23.7 Å². The van der Waals surface area contributed by atoms with Crippen LogP contribution < -0.4 is 5.32 Å². The lowest BCUT2D eigenvalue weighted by Crippen LogP contribution is -2.22. The fourth-order valence-electron chi connectivity index (χ4n) is 2.03. The van der Waals surface area contributed by atoms with Gasteiger partial charge in [-0.1, -0.05) is 26.8 Å². The fourth-order valence-corrected chi connectivity index (χ4v) is 2.03. The highest BCUT2D eigenvalue weighted by Gasteiger charge is 2.16. The number of rotatable bonds is 6. The largest absolute Gasteiger partial charge is 0.385 e. The first-order valence-corrected chi connectivity index (χ1v) is 6.69. The zero-order valence-corrected chi connectivity index (χ0v) is 12.0. The predicted molar refractivity (Wildman–Crippen MR) is 77.7 cm³/mol. The summed E-state index contributed by atoms with van der Waals surface area (Å²) < 4.78 is 0. The van der Waals surface area contributed by atoms with E-state index in [1.807, 2.05) is 0 Å². The van der Waals surface area contributed by atoms with Crippen molar-refractivity contribution in [2.45, 2.75) is 47.0 Å². The van der Waals surface area contributed by atoms with Crippen molar-refractivity contribution in [1.82, 2.24) is 0 Å². The highest BCUT2D eigenvalue weighted by molar-refractivity contribution is 5.48. The Hall–Kier alpha value is -1.49. The third-order valence-electron chi connectivity index (χ3n) is 3.41. The average Bonchev–Trinajstić information content (AvgIpc) is 2.34. The van der Waals surface area contributed by atoms with Gasteiger partial charge >= 0.3 is 0 Å². The monoisotopic (exact) mass is 244 g/mol. The zero-order chi connectivity index (χ0) is 13.6. The molecule has 0 unspecified atom stereocenters. The smallest absolute Gasteiger partial charge is 0.0621 e. The molecule has 0 aromatic heterocycles. The molecule has 1 aromatic rings. The molecule has 0 aliphatic heterocycles. The lowest BCUT2D eigenvalue weighted by molar-refractivity contribution is 0.364. The van der Waals surface area contributed by atoms with E-state index in [0.717, 1.165) is 19.4 Å². The molecule has 1 aromatic carbocycles. The summed E-state index contributed by atoms with van der Waals surface area (Å²) in [7, 11) is 0. The van der Waals surface area contributed by atoms with Gasteiger partial charge in [-0.2, -0.15) is 5.26 Å². The van der Waals surface area contributed by atoms with E-state index >= 15 is 0 Å². The van der Waals surface area contributed by atoms with E-state index in [1.165, 1.54) is 16.8 Å². The Bertz CT molecular complexity index is 427. The van der Waals surface area contributed by atoms with E-state index in [1.54, 1.807) is 0 Å². The van der Waals surface area contributed by atoms with E-state index < -0.39 is 0 Å². The number of aryl methyl sites for hydroxylation is 2. The maximum Gasteiger partial charge on any atom is 0.0621 e. The van der Waals surface area contributed by atoms with Crippen LogP contribution in [0.25, 0.3) is 0 Å². The number of hydrogen-bond donors (Lipinski definition) is 1. The molecular weight excluding hydrogens is 220 g/mol. The van der Waals surface area contributed by atoms with Crippen molar-refractivity contribution in [1.29, 1.82) is 5.26 Å². The molecule has 0 saturated carbocycles. The second-order valence-corrected chi connectivity index (χ2v) is 5.67. The van der Waals surface area contributed by atoms with Gasteiger partial charge in [0.15, 0.2) is 0 Å². The molecule has 0 aliphatic carbocycles. The van der Waals surface area contributed by atoms with Crippen molar-refractivity contribution in [2.24, 2.45) is 5.41 Å². The van der Waals surface area contributed by atoms with Crippen molar-refractivity contribution in [3.63, 3.8) is 0 Å². The van der Waals surface area contributed by atoms with Gasteiger partial charge in [-0.3, -0.25) is 0 Å². The summed E-state index contributed by atoms with van der Waals surface area (Å²) in [4.78, 5) is 0. The van der Waals surface area contributed by atoms with E-state index in [0.29, 0.717) is 6.42 Å². The number of nitrogens with one attached hydrogen (secondary N) is 1. The van der Waals surface area contributed by atoms with Gasteiger partial charge in [-0.15, -0.1) is 0 Å². The van der Waals surface area contributed by atoms with Crippen LogP contribution in [0.15, 0.2) is 18.2 Å².